The van der Waals surface area contributed by atoms with E-state index < -0.39 is 10.0 Å². The predicted molar refractivity (Wildman–Crippen MR) is 70.8 cm³/mol. The van der Waals surface area contributed by atoms with Crippen LogP contribution in [-0.4, -0.2) is 25.8 Å². The van der Waals surface area contributed by atoms with Gasteiger partial charge in [-0.05, 0) is 30.7 Å². The van der Waals surface area contributed by atoms with Gasteiger partial charge < -0.3 is 0 Å². The molecule has 0 aliphatic rings. The predicted octanol–water partition coefficient (Wildman–Crippen LogP) is 3.15. The van der Waals surface area contributed by atoms with E-state index in [0.29, 0.717) is 23.0 Å². The molecule has 0 aliphatic carbocycles. The summed E-state index contributed by atoms with van der Waals surface area (Å²) >= 11 is 5.75. The maximum atomic E-state index is 12.3. The van der Waals surface area contributed by atoms with Gasteiger partial charge in [0.05, 0.1) is 4.90 Å². The average molecular weight is 276 g/mol. The van der Waals surface area contributed by atoms with Crippen molar-refractivity contribution in [2.45, 2.75) is 31.6 Å². The highest BCUT2D eigenvalue weighted by Crippen LogP contribution is 2.18. The van der Waals surface area contributed by atoms with Crippen molar-refractivity contribution in [2.24, 2.45) is 0 Å². The lowest BCUT2D eigenvalue weighted by atomic mass is 10.3. The van der Waals surface area contributed by atoms with Gasteiger partial charge in [0.25, 0.3) is 0 Å². The minimum absolute atomic E-state index is 0.305. The van der Waals surface area contributed by atoms with Crippen LogP contribution in [0.15, 0.2) is 29.2 Å². The zero-order valence-electron chi connectivity index (χ0n) is 10.2. The Kier molecular flexibility index (Phi) is 5.43. The second kappa shape index (κ2) is 6.38. The van der Waals surface area contributed by atoms with Crippen molar-refractivity contribution in [3.63, 3.8) is 0 Å². The van der Waals surface area contributed by atoms with Gasteiger partial charge in [0, 0.05) is 18.1 Å². The maximum absolute atomic E-state index is 12.3. The number of unbranched alkanes of at least 4 members (excludes halogenated alkanes) is 1. The van der Waals surface area contributed by atoms with Crippen molar-refractivity contribution in [2.75, 3.05) is 13.1 Å². The van der Waals surface area contributed by atoms with Gasteiger partial charge in [-0.3, -0.25) is 0 Å². The average Bonchev–Trinajstić information content (AvgIpc) is 2.30. The van der Waals surface area contributed by atoms with Crippen molar-refractivity contribution in [1.82, 2.24) is 4.31 Å². The van der Waals surface area contributed by atoms with Crippen LogP contribution in [-0.2, 0) is 10.0 Å². The molecule has 17 heavy (non-hydrogen) atoms. The first-order chi connectivity index (χ1) is 8.02. The number of nitrogens with zero attached hydrogens (tertiary/aromatic N) is 1. The zero-order chi connectivity index (χ0) is 12.9. The number of hydrogen-bond acceptors (Lipinski definition) is 2. The van der Waals surface area contributed by atoms with Gasteiger partial charge in [-0.2, -0.15) is 4.31 Å². The van der Waals surface area contributed by atoms with Gasteiger partial charge in [0.15, 0.2) is 0 Å². The molecule has 0 aromatic heterocycles. The highest BCUT2D eigenvalue weighted by Gasteiger charge is 2.21. The van der Waals surface area contributed by atoms with E-state index in [0.717, 1.165) is 12.8 Å². The second-order valence-corrected chi connectivity index (χ2v) is 6.18. The van der Waals surface area contributed by atoms with E-state index in [-0.39, 0.29) is 0 Å². The van der Waals surface area contributed by atoms with Crippen LogP contribution in [0.25, 0.3) is 0 Å². The Hall–Kier alpha value is -0.580. The summed E-state index contributed by atoms with van der Waals surface area (Å²) in [4.78, 5) is 0.305. The molecule has 5 heteroatoms. The van der Waals surface area contributed by atoms with Gasteiger partial charge >= 0.3 is 0 Å². The van der Waals surface area contributed by atoms with Crippen molar-refractivity contribution in [1.29, 1.82) is 0 Å². The fraction of sp³-hybridized carbons (Fsp3) is 0.500. The van der Waals surface area contributed by atoms with E-state index in [1.54, 1.807) is 24.3 Å². The molecule has 0 spiro atoms. The molecule has 0 saturated heterocycles. The third-order valence-electron chi connectivity index (χ3n) is 2.57. The quantitative estimate of drug-likeness (QED) is 0.800. The molecule has 3 nitrogen and oxygen atoms in total. The van der Waals surface area contributed by atoms with Gasteiger partial charge in [0.1, 0.15) is 0 Å². The third-order valence-corrected chi connectivity index (χ3v) is 4.81. The highest BCUT2D eigenvalue weighted by molar-refractivity contribution is 7.89. The number of rotatable bonds is 6. The normalized spacial score (nSPS) is 12.0. The lowest BCUT2D eigenvalue weighted by molar-refractivity contribution is 0.419. The summed E-state index contributed by atoms with van der Waals surface area (Å²) in [5.41, 5.74) is 0. The van der Waals surface area contributed by atoms with Gasteiger partial charge in [-0.15, -0.1) is 0 Å². The van der Waals surface area contributed by atoms with Gasteiger partial charge in [-0.1, -0.05) is 31.9 Å². The lowest BCUT2D eigenvalue weighted by Crippen LogP contribution is -2.31. The van der Waals surface area contributed by atoms with Crippen molar-refractivity contribution in [3.8, 4) is 0 Å². The first-order valence-electron chi connectivity index (χ1n) is 5.78. The summed E-state index contributed by atoms with van der Waals surface area (Å²) in [5.74, 6) is 0. The largest absolute Gasteiger partial charge is 0.243 e. The summed E-state index contributed by atoms with van der Waals surface area (Å²) in [5, 5.41) is 0.542. The summed E-state index contributed by atoms with van der Waals surface area (Å²) in [6.45, 7) is 4.95. The number of benzene rings is 1. The number of sulfonamides is 1. The van der Waals surface area contributed by atoms with Crippen LogP contribution >= 0.6 is 11.6 Å². The lowest BCUT2D eigenvalue weighted by Gasteiger charge is -2.20. The summed E-state index contributed by atoms with van der Waals surface area (Å²) in [6, 6.07) is 6.29. The van der Waals surface area contributed by atoms with Crippen LogP contribution in [0.5, 0.6) is 0 Å². The van der Waals surface area contributed by atoms with Gasteiger partial charge in [-0.25, -0.2) is 8.42 Å². The first-order valence-corrected chi connectivity index (χ1v) is 7.60. The van der Waals surface area contributed by atoms with Crippen LogP contribution in [0.3, 0.4) is 0 Å². The molecule has 0 atom stereocenters. The Morgan fingerprint density at radius 3 is 2.24 bits per heavy atom. The van der Waals surface area contributed by atoms with E-state index in [4.69, 9.17) is 11.6 Å². The molecule has 0 radical (unpaired) electrons. The maximum Gasteiger partial charge on any atom is 0.243 e. The van der Waals surface area contributed by atoms with Crippen molar-refractivity contribution >= 4 is 21.6 Å². The Labute approximate surface area is 108 Å². The van der Waals surface area contributed by atoms with E-state index in [1.165, 1.54) is 4.31 Å². The smallest absolute Gasteiger partial charge is 0.207 e. The monoisotopic (exact) mass is 275 g/mol. The minimum atomic E-state index is -3.37. The fourth-order valence-corrected chi connectivity index (χ4v) is 3.15. The molecule has 1 aromatic rings. The van der Waals surface area contributed by atoms with Gasteiger partial charge in [0.2, 0.25) is 10.0 Å². The Morgan fingerprint density at radius 2 is 1.76 bits per heavy atom. The molecule has 0 fully saturated rings. The molecule has 0 bridgehead atoms. The highest BCUT2D eigenvalue weighted by atomic mass is 35.5. The molecule has 0 unspecified atom stereocenters. The number of halogens is 1. The molecule has 1 rings (SSSR count). The molecule has 0 heterocycles. The molecular formula is C12H18ClNO2S. The summed E-state index contributed by atoms with van der Waals surface area (Å²) in [6.07, 6.45) is 1.85. The Bertz CT molecular complexity index is 442. The van der Waals surface area contributed by atoms with Crippen LogP contribution in [0, 0.1) is 0 Å². The summed E-state index contributed by atoms with van der Waals surface area (Å²) in [7, 11) is -3.37. The molecule has 0 amide bonds. The standard InChI is InChI=1S/C12H18ClNO2S/c1-3-5-10-14(4-2)17(15,16)12-8-6-11(13)7-9-12/h6-9H,3-5,10H2,1-2H3. The van der Waals surface area contributed by atoms with E-state index >= 15 is 0 Å². The van der Waals surface area contributed by atoms with Crippen LogP contribution in [0.4, 0.5) is 0 Å². The van der Waals surface area contributed by atoms with Crippen LogP contribution in [0.1, 0.15) is 26.7 Å². The van der Waals surface area contributed by atoms with Crippen LogP contribution in [0.2, 0.25) is 5.02 Å². The second-order valence-electron chi connectivity index (χ2n) is 3.80. The fourth-order valence-electron chi connectivity index (χ4n) is 1.54. The molecule has 0 aliphatic heterocycles. The molecule has 0 N–H and O–H groups in total. The first kappa shape index (κ1) is 14.5. The summed E-state index contributed by atoms with van der Waals surface area (Å²) < 4.78 is 26.0. The minimum Gasteiger partial charge on any atom is -0.207 e. The number of hydrogen-bond donors (Lipinski definition) is 0. The Balaban J connectivity index is 2.95. The topological polar surface area (TPSA) is 37.4 Å². The Morgan fingerprint density at radius 1 is 1.18 bits per heavy atom. The van der Waals surface area contributed by atoms with E-state index in [1.807, 2.05) is 13.8 Å². The SMILES string of the molecule is CCCCN(CC)S(=O)(=O)c1ccc(Cl)cc1. The third kappa shape index (κ3) is 3.69. The zero-order valence-corrected chi connectivity index (χ0v) is 11.8. The molecule has 0 saturated carbocycles. The molecular weight excluding hydrogens is 258 g/mol. The van der Waals surface area contributed by atoms with Crippen LogP contribution < -0.4 is 0 Å². The van der Waals surface area contributed by atoms with E-state index in [2.05, 4.69) is 0 Å². The molecule has 96 valence electrons. The van der Waals surface area contributed by atoms with E-state index in [9.17, 15) is 8.42 Å². The van der Waals surface area contributed by atoms with Crippen molar-refractivity contribution in [3.05, 3.63) is 29.3 Å². The molecule has 1 aromatic carbocycles. The van der Waals surface area contributed by atoms with Crippen molar-refractivity contribution < 1.29 is 8.42 Å².